The predicted octanol–water partition coefficient (Wildman–Crippen LogP) is 2.18. The van der Waals surface area contributed by atoms with Crippen LogP contribution in [0.3, 0.4) is 0 Å². The Kier molecular flexibility index (Phi) is 3.25. The second-order valence-corrected chi connectivity index (χ2v) is 4.58. The summed E-state index contributed by atoms with van der Waals surface area (Å²) in [6.07, 6.45) is 3.51. The second kappa shape index (κ2) is 5.21. The first-order valence-corrected chi connectivity index (χ1v) is 6.38. The maximum Gasteiger partial charge on any atom is 0.339 e. The van der Waals surface area contributed by atoms with Gasteiger partial charge in [0, 0.05) is 18.9 Å². The minimum absolute atomic E-state index is 0.210. The number of carbonyl (C=O) groups is 1. The van der Waals surface area contributed by atoms with E-state index in [1.807, 2.05) is 18.2 Å². The molecule has 0 saturated heterocycles. The van der Waals surface area contributed by atoms with Crippen molar-refractivity contribution in [2.24, 2.45) is 0 Å². The monoisotopic (exact) mass is 270 g/mol. The van der Waals surface area contributed by atoms with Gasteiger partial charge in [0.1, 0.15) is 12.2 Å². The quantitative estimate of drug-likeness (QED) is 0.926. The number of rotatable bonds is 3. The summed E-state index contributed by atoms with van der Waals surface area (Å²) in [7, 11) is 0. The molecule has 3 rings (SSSR count). The Morgan fingerprint density at radius 3 is 2.85 bits per heavy atom. The first-order valence-electron chi connectivity index (χ1n) is 6.38. The first-order chi connectivity index (χ1) is 9.75. The van der Waals surface area contributed by atoms with Crippen molar-refractivity contribution in [3.05, 3.63) is 53.9 Å². The van der Waals surface area contributed by atoms with Crippen molar-refractivity contribution in [2.75, 3.05) is 18.1 Å². The van der Waals surface area contributed by atoms with Crippen molar-refractivity contribution < 1.29 is 14.6 Å². The fourth-order valence-electron chi connectivity index (χ4n) is 2.35. The van der Waals surface area contributed by atoms with Crippen molar-refractivity contribution in [3.8, 4) is 5.75 Å². The SMILES string of the molecule is O=C(O)c1cccc2c1OCCN2Cc1ccncc1. The van der Waals surface area contributed by atoms with Gasteiger partial charge in [0.2, 0.25) is 0 Å². The average Bonchev–Trinajstić information content (AvgIpc) is 2.48. The van der Waals surface area contributed by atoms with Gasteiger partial charge >= 0.3 is 5.97 Å². The number of aromatic carboxylic acids is 1. The third-order valence-corrected chi connectivity index (χ3v) is 3.30. The molecule has 1 aromatic carbocycles. The largest absolute Gasteiger partial charge is 0.489 e. The lowest BCUT2D eigenvalue weighted by molar-refractivity contribution is 0.0692. The van der Waals surface area contributed by atoms with E-state index in [9.17, 15) is 9.90 Å². The third-order valence-electron chi connectivity index (χ3n) is 3.30. The molecule has 5 heteroatoms. The maximum absolute atomic E-state index is 11.2. The third kappa shape index (κ3) is 2.30. The van der Waals surface area contributed by atoms with E-state index >= 15 is 0 Å². The predicted molar refractivity (Wildman–Crippen MR) is 74.2 cm³/mol. The van der Waals surface area contributed by atoms with E-state index in [1.165, 1.54) is 0 Å². The molecule has 0 atom stereocenters. The van der Waals surface area contributed by atoms with Gasteiger partial charge in [-0.05, 0) is 29.8 Å². The fourth-order valence-corrected chi connectivity index (χ4v) is 2.35. The number of aromatic nitrogens is 1. The van der Waals surface area contributed by atoms with Crippen LogP contribution in [0.25, 0.3) is 0 Å². The summed E-state index contributed by atoms with van der Waals surface area (Å²) in [4.78, 5) is 17.4. The Hall–Kier alpha value is -2.56. The van der Waals surface area contributed by atoms with Gasteiger partial charge in [-0.3, -0.25) is 4.98 Å². The van der Waals surface area contributed by atoms with Gasteiger partial charge in [-0.2, -0.15) is 0 Å². The topological polar surface area (TPSA) is 62.7 Å². The Morgan fingerprint density at radius 1 is 1.30 bits per heavy atom. The minimum Gasteiger partial charge on any atom is -0.489 e. The molecule has 0 saturated carbocycles. The molecule has 1 aliphatic rings. The second-order valence-electron chi connectivity index (χ2n) is 4.58. The smallest absolute Gasteiger partial charge is 0.339 e. The molecule has 0 amide bonds. The molecule has 0 bridgehead atoms. The van der Waals surface area contributed by atoms with Crippen molar-refractivity contribution in [1.82, 2.24) is 4.98 Å². The van der Waals surface area contributed by atoms with Gasteiger partial charge < -0.3 is 14.7 Å². The average molecular weight is 270 g/mol. The van der Waals surface area contributed by atoms with Crippen molar-refractivity contribution in [1.29, 1.82) is 0 Å². The van der Waals surface area contributed by atoms with Crippen molar-refractivity contribution >= 4 is 11.7 Å². The van der Waals surface area contributed by atoms with E-state index in [-0.39, 0.29) is 5.56 Å². The van der Waals surface area contributed by atoms with E-state index in [0.717, 1.165) is 17.8 Å². The molecule has 102 valence electrons. The van der Waals surface area contributed by atoms with Crippen LogP contribution in [0.15, 0.2) is 42.7 Å². The number of hydrogen-bond acceptors (Lipinski definition) is 4. The van der Waals surface area contributed by atoms with E-state index in [0.29, 0.717) is 18.9 Å². The number of ether oxygens (including phenoxy) is 1. The highest BCUT2D eigenvalue weighted by Crippen LogP contribution is 2.35. The van der Waals surface area contributed by atoms with Crippen LogP contribution < -0.4 is 9.64 Å². The van der Waals surface area contributed by atoms with E-state index in [4.69, 9.17) is 4.74 Å². The number of pyridine rings is 1. The number of para-hydroxylation sites is 1. The first kappa shape index (κ1) is 12.5. The van der Waals surface area contributed by atoms with Gasteiger partial charge in [-0.1, -0.05) is 6.07 Å². The number of fused-ring (bicyclic) bond motifs is 1. The molecule has 20 heavy (non-hydrogen) atoms. The zero-order chi connectivity index (χ0) is 13.9. The van der Waals surface area contributed by atoms with Crippen LogP contribution in [0.2, 0.25) is 0 Å². The van der Waals surface area contributed by atoms with Crippen LogP contribution in [0.5, 0.6) is 5.75 Å². The minimum atomic E-state index is -0.965. The Morgan fingerprint density at radius 2 is 2.10 bits per heavy atom. The molecular weight excluding hydrogens is 256 g/mol. The maximum atomic E-state index is 11.2. The van der Waals surface area contributed by atoms with Crippen LogP contribution in [-0.4, -0.2) is 29.2 Å². The van der Waals surface area contributed by atoms with E-state index in [2.05, 4.69) is 9.88 Å². The summed E-state index contributed by atoms with van der Waals surface area (Å²) in [5, 5.41) is 9.21. The molecule has 1 aromatic heterocycles. The molecule has 1 N–H and O–H groups in total. The lowest BCUT2D eigenvalue weighted by atomic mass is 10.1. The zero-order valence-electron chi connectivity index (χ0n) is 10.8. The van der Waals surface area contributed by atoms with Gasteiger partial charge in [0.15, 0.2) is 5.75 Å². The molecule has 0 spiro atoms. The highest BCUT2D eigenvalue weighted by atomic mass is 16.5. The van der Waals surface area contributed by atoms with E-state index in [1.54, 1.807) is 24.5 Å². The molecular formula is C15H14N2O3. The van der Waals surface area contributed by atoms with Gasteiger partial charge in [0.05, 0.1) is 12.2 Å². The van der Waals surface area contributed by atoms with Gasteiger partial charge in [-0.25, -0.2) is 4.79 Å². The standard InChI is InChI=1S/C15H14N2O3/c18-15(19)12-2-1-3-13-14(12)20-9-8-17(13)10-11-4-6-16-7-5-11/h1-7H,8-10H2,(H,18,19). The van der Waals surface area contributed by atoms with Crippen LogP contribution in [0.1, 0.15) is 15.9 Å². The molecule has 2 aromatic rings. The van der Waals surface area contributed by atoms with Crippen LogP contribution in [0, 0.1) is 0 Å². The Balaban J connectivity index is 1.94. The van der Waals surface area contributed by atoms with Crippen LogP contribution in [0.4, 0.5) is 5.69 Å². The number of carboxylic acids is 1. The molecule has 0 fully saturated rings. The normalized spacial score (nSPS) is 13.5. The van der Waals surface area contributed by atoms with E-state index < -0.39 is 5.97 Å². The number of anilines is 1. The number of nitrogens with zero attached hydrogens (tertiary/aromatic N) is 2. The zero-order valence-corrected chi connectivity index (χ0v) is 10.8. The van der Waals surface area contributed by atoms with Crippen LogP contribution in [-0.2, 0) is 6.54 Å². The Labute approximate surface area is 116 Å². The molecule has 1 aliphatic heterocycles. The highest BCUT2D eigenvalue weighted by Gasteiger charge is 2.23. The molecule has 0 radical (unpaired) electrons. The van der Waals surface area contributed by atoms with Crippen molar-refractivity contribution in [2.45, 2.75) is 6.54 Å². The summed E-state index contributed by atoms with van der Waals surface area (Å²) in [6.45, 7) is 1.93. The summed E-state index contributed by atoms with van der Waals surface area (Å²) in [5.41, 5.74) is 2.17. The molecule has 5 nitrogen and oxygen atoms in total. The number of benzene rings is 1. The Bertz CT molecular complexity index is 628. The molecule has 0 aliphatic carbocycles. The highest BCUT2D eigenvalue weighted by molar-refractivity contribution is 5.93. The lowest BCUT2D eigenvalue weighted by Crippen LogP contribution is -2.32. The summed E-state index contributed by atoms with van der Waals surface area (Å²) >= 11 is 0. The number of hydrogen-bond donors (Lipinski definition) is 1. The number of carboxylic acid groups (broad SMARTS) is 1. The fraction of sp³-hybridized carbons (Fsp3) is 0.200. The van der Waals surface area contributed by atoms with Gasteiger partial charge in [-0.15, -0.1) is 0 Å². The van der Waals surface area contributed by atoms with Crippen molar-refractivity contribution in [3.63, 3.8) is 0 Å². The summed E-state index contributed by atoms with van der Waals surface area (Å²) in [5.74, 6) is -0.507. The summed E-state index contributed by atoms with van der Waals surface area (Å²) in [6, 6.07) is 9.11. The molecule has 0 unspecified atom stereocenters. The lowest BCUT2D eigenvalue weighted by Gasteiger charge is -2.32. The van der Waals surface area contributed by atoms with Gasteiger partial charge in [0.25, 0.3) is 0 Å². The summed E-state index contributed by atoms with van der Waals surface area (Å²) < 4.78 is 5.55. The van der Waals surface area contributed by atoms with Crippen LogP contribution >= 0.6 is 0 Å². The molecule has 2 heterocycles.